The number of methoxy groups -OCH3 is 1. The second kappa shape index (κ2) is 14.7. The predicted octanol–water partition coefficient (Wildman–Crippen LogP) is 3.86. The van der Waals surface area contributed by atoms with Gasteiger partial charge in [0.2, 0.25) is 0 Å². The molecule has 0 aromatic heterocycles. The van der Waals surface area contributed by atoms with Gasteiger partial charge in [0.15, 0.2) is 36.5 Å². The molecule has 0 aromatic carbocycles. The third-order valence-corrected chi connectivity index (χ3v) is 12.6. The zero-order valence-corrected chi connectivity index (χ0v) is 29.7. The minimum absolute atomic E-state index is 0.0396. The van der Waals surface area contributed by atoms with Crippen molar-refractivity contribution in [3.05, 3.63) is 0 Å². The molecular weight excluding hydrogens is 640 g/mol. The average molecular weight is 693 g/mol. The topological polar surface area (TPSA) is 167 Å². The Labute approximate surface area is 287 Å². The molecule has 5 rings (SSSR count). The van der Waals surface area contributed by atoms with E-state index in [9.17, 15) is 28.8 Å². The number of Topliss-reactive ketones (excluding diaryl/α,β-unsaturated/α-hetero) is 1. The average Bonchev–Trinajstić information content (AvgIpc) is 3.39. The molecular formula is C36H52O13. The molecule has 5 aliphatic rings. The first-order chi connectivity index (χ1) is 23.1. The molecule has 0 aromatic rings. The van der Waals surface area contributed by atoms with Gasteiger partial charge < -0.3 is 33.2 Å². The van der Waals surface area contributed by atoms with Crippen molar-refractivity contribution >= 4 is 35.6 Å². The van der Waals surface area contributed by atoms with Crippen molar-refractivity contribution in [2.24, 2.45) is 40.4 Å². The van der Waals surface area contributed by atoms with Crippen molar-refractivity contribution in [3.63, 3.8) is 0 Å². The zero-order valence-electron chi connectivity index (χ0n) is 29.7. The largest absolute Gasteiger partial charge is 0.467 e. The lowest BCUT2D eigenvalue weighted by atomic mass is 9.44. The highest BCUT2D eigenvalue weighted by Gasteiger charge is 2.62. The van der Waals surface area contributed by atoms with E-state index in [0.717, 1.165) is 72.3 Å². The Kier molecular flexibility index (Phi) is 11.1. The molecule has 0 spiro atoms. The maximum Gasteiger partial charge on any atom is 0.339 e. The van der Waals surface area contributed by atoms with Gasteiger partial charge >= 0.3 is 29.8 Å². The van der Waals surface area contributed by atoms with Gasteiger partial charge in [-0.15, -0.1) is 0 Å². The summed E-state index contributed by atoms with van der Waals surface area (Å²) in [5.74, 6) is -1.71. The molecule has 4 saturated carbocycles. The summed E-state index contributed by atoms with van der Waals surface area (Å²) in [5, 5.41) is 0. The molecule has 1 aliphatic heterocycles. The van der Waals surface area contributed by atoms with E-state index >= 15 is 0 Å². The summed E-state index contributed by atoms with van der Waals surface area (Å²) in [6, 6.07) is 0. The first-order valence-electron chi connectivity index (χ1n) is 17.7. The number of ketones is 1. The summed E-state index contributed by atoms with van der Waals surface area (Å²) in [6.45, 7) is 9.35. The van der Waals surface area contributed by atoms with Crippen LogP contribution in [0.25, 0.3) is 0 Å². The van der Waals surface area contributed by atoms with Gasteiger partial charge in [0, 0.05) is 33.6 Å². The van der Waals surface area contributed by atoms with Gasteiger partial charge in [-0.05, 0) is 92.3 Å². The van der Waals surface area contributed by atoms with Crippen LogP contribution in [0.1, 0.15) is 99.3 Å². The van der Waals surface area contributed by atoms with Crippen LogP contribution in [0.3, 0.4) is 0 Å². The zero-order chi connectivity index (χ0) is 35.8. The molecule has 49 heavy (non-hydrogen) atoms. The third kappa shape index (κ3) is 7.38. The lowest BCUT2D eigenvalue weighted by molar-refractivity contribution is -0.315. The SMILES string of the molecule is COC(=O)[C@@H]1O[C@@H](O[C@@H]2CC[C@]3(C)[C@H](CC[C@@H]4[C@@H]3CC[C@]3(C)[C@H](C(=O)COC(C)=O)CC[C@@H]43)C2)[C@H](OC(C)=O)[C@@H](OC(C)=O)[C@@H]1OC(C)=O. The maximum absolute atomic E-state index is 13.2. The molecule has 0 unspecified atom stereocenters. The Morgan fingerprint density at radius 3 is 1.94 bits per heavy atom. The Morgan fingerprint density at radius 1 is 0.694 bits per heavy atom. The number of hydrogen-bond acceptors (Lipinski definition) is 13. The van der Waals surface area contributed by atoms with Crippen LogP contribution in [0, 0.1) is 40.4 Å². The number of hydrogen-bond donors (Lipinski definition) is 0. The molecule has 0 amide bonds. The number of carbonyl (C=O) groups excluding carboxylic acids is 6. The van der Waals surface area contributed by atoms with Gasteiger partial charge in [-0.3, -0.25) is 24.0 Å². The molecule has 0 radical (unpaired) electrons. The number of fused-ring (bicyclic) bond motifs is 5. The monoisotopic (exact) mass is 692 g/mol. The van der Waals surface area contributed by atoms with Crippen LogP contribution < -0.4 is 0 Å². The van der Waals surface area contributed by atoms with Crippen molar-refractivity contribution in [1.29, 1.82) is 0 Å². The molecule has 13 nitrogen and oxygen atoms in total. The summed E-state index contributed by atoms with van der Waals surface area (Å²) < 4.78 is 39.0. The van der Waals surface area contributed by atoms with Crippen LogP contribution in [0.4, 0.5) is 0 Å². The minimum Gasteiger partial charge on any atom is -0.467 e. The summed E-state index contributed by atoms with van der Waals surface area (Å²) in [7, 11) is 1.16. The van der Waals surface area contributed by atoms with Crippen LogP contribution in [0.2, 0.25) is 0 Å². The highest BCUT2D eigenvalue weighted by atomic mass is 16.7. The predicted molar refractivity (Wildman–Crippen MR) is 169 cm³/mol. The summed E-state index contributed by atoms with van der Waals surface area (Å²) >= 11 is 0. The third-order valence-electron chi connectivity index (χ3n) is 12.6. The normalized spacial score (nSPS) is 41.2. The molecule has 5 fully saturated rings. The fraction of sp³-hybridized carbons (Fsp3) is 0.833. The van der Waals surface area contributed by atoms with Crippen LogP contribution in [0.5, 0.6) is 0 Å². The smallest absolute Gasteiger partial charge is 0.339 e. The maximum atomic E-state index is 13.2. The summed E-state index contributed by atoms with van der Waals surface area (Å²) in [4.78, 5) is 73.8. The van der Waals surface area contributed by atoms with E-state index in [2.05, 4.69) is 13.8 Å². The van der Waals surface area contributed by atoms with E-state index in [4.69, 9.17) is 33.2 Å². The fourth-order valence-corrected chi connectivity index (χ4v) is 10.5. The van der Waals surface area contributed by atoms with Crippen molar-refractivity contribution in [3.8, 4) is 0 Å². The van der Waals surface area contributed by atoms with E-state index in [1.165, 1.54) is 13.8 Å². The minimum atomic E-state index is -1.49. The molecule has 0 N–H and O–H groups in total. The highest BCUT2D eigenvalue weighted by Crippen LogP contribution is 2.67. The Bertz CT molecular complexity index is 1310. The lowest BCUT2D eigenvalue weighted by Crippen LogP contribution is -2.64. The molecule has 13 heteroatoms. The van der Waals surface area contributed by atoms with Gasteiger partial charge in [-0.25, -0.2) is 4.79 Å². The van der Waals surface area contributed by atoms with Crippen LogP contribution in [-0.4, -0.2) is 86.2 Å². The van der Waals surface area contributed by atoms with Crippen LogP contribution >= 0.6 is 0 Å². The Hall–Kier alpha value is -3.06. The fourth-order valence-electron chi connectivity index (χ4n) is 10.5. The Balaban J connectivity index is 1.31. The molecule has 274 valence electrons. The van der Waals surface area contributed by atoms with Gasteiger partial charge in [0.05, 0.1) is 13.2 Å². The van der Waals surface area contributed by atoms with Crippen molar-refractivity contribution in [1.82, 2.24) is 0 Å². The van der Waals surface area contributed by atoms with Gasteiger partial charge in [0.25, 0.3) is 0 Å². The second-order valence-corrected chi connectivity index (χ2v) is 15.3. The van der Waals surface area contributed by atoms with E-state index in [1.807, 2.05) is 0 Å². The molecule has 1 heterocycles. The van der Waals surface area contributed by atoms with E-state index < -0.39 is 60.6 Å². The van der Waals surface area contributed by atoms with E-state index in [-0.39, 0.29) is 35.2 Å². The summed E-state index contributed by atoms with van der Waals surface area (Å²) in [5.41, 5.74) is -0.0213. The van der Waals surface area contributed by atoms with Crippen molar-refractivity contribution < 1.29 is 61.9 Å². The van der Waals surface area contributed by atoms with Crippen LogP contribution in [-0.2, 0) is 61.9 Å². The standard InChI is InChI=1S/C36H52O13/c1-18(37)44-17-28(41)27-11-10-25-24-9-8-22-16-23(12-14-35(22,5)26(24)13-15-36(25,27)6)48-34-32(47-21(4)40)30(46-20(3)39)29(45-19(2)38)31(49-34)33(42)43-7/h22-27,29-32,34H,8-17H2,1-7H3/t22-,23-,24+,25+,26+,27+,29+,30+,31-,32-,34-,35-,36+/m1/s1. The van der Waals surface area contributed by atoms with E-state index in [0.29, 0.717) is 30.1 Å². The lowest BCUT2D eigenvalue weighted by Gasteiger charge is -2.61. The first kappa shape index (κ1) is 37.2. The van der Waals surface area contributed by atoms with Crippen molar-refractivity contribution in [2.75, 3.05) is 13.7 Å². The van der Waals surface area contributed by atoms with Gasteiger partial charge in [0.1, 0.15) is 6.61 Å². The molecule has 0 bridgehead atoms. The highest BCUT2D eigenvalue weighted by molar-refractivity contribution is 5.85. The molecule has 4 aliphatic carbocycles. The van der Waals surface area contributed by atoms with Crippen LogP contribution in [0.15, 0.2) is 0 Å². The first-order valence-corrected chi connectivity index (χ1v) is 17.7. The van der Waals surface area contributed by atoms with Gasteiger partial charge in [-0.1, -0.05) is 13.8 Å². The number of esters is 5. The molecule has 13 atom stereocenters. The molecule has 1 saturated heterocycles. The second-order valence-electron chi connectivity index (χ2n) is 15.3. The number of carbonyl (C=O) groups is 6. The van der Waals surface area contributed by atoms with Gasteiger partial charge in [-0.2, -0.15) is 0 Å². The Morgan fingerprint density at radius 2 is 1.31 bits per heavy atom. The number of ether oxygens (including phenoxy) is 7. The quantitative estimate of drug-likeness (QED) is 0.194. The van der Waals surface area contributed by atoms with Crippen molar-refractivity contribution in [2.45, 2.75) is 136 Å². The summed E-state index contributed by atoms with van der Waals surface area (Å²) in [6.07, 6.45) is 1.01. The van der Waals surface area contributed by atoms with E-state index in [1.54, 1.807) is 0 Å². The number of rotatable bonds is 9.